The Morgan fingerprint density at radius 1 is 1.03 bits per heavy atom. The van der Waals surface area contributed by atoms with E-state index in [-0.39, 0.29) is 17.9 Å². The van der Waals surface area contributed by atoms with Crippen molar-refractivity contribution in [2.45, 2.75) is 26.4 Å². The first kappa shape index (κ1) is 20.7. The number of nitrogens with two attached hydrogens (primary N) is 1. The summed E-state index contributed by atoms with van der Waals surface area (Å²) in [4.78, 5) is 31.3. The van der Waals surface area contributed by atoms with Gasteiger partial charge in [-0.05, 0) is 41.5 Å². The largest absolute Gasteiger partial charge is 0.384 e. The molecule has 0 aliphatic carbocycles. The molecule has 0 saturated carbocycles. The minimum atomic E-state index is -0.191. The van der Waals surface area contributed by atoms with Crippen LogP contribution in [0.1, 0.15) is 30.2 Å². The maximum absolute atomic E-state index is 12.7. The molecule has 3 N–H and O–H groups in total. The average molecular weight is 441 g/mol. The minimum absolute atomic E-state index is 0.000874. The van der Waals surface area contributed by atoms with Gasteiger partial charge in [-0.25, -0.2) is 14.8 Å². The lowest BCUT2D eigenvalue weighted by Gasteiger charge is -2.27. The normalized spacial score (nSPS) is 17.5. The Kier molecular flexibility index (Phi) is 5.26. The number of rotatable bonds is 3. The van der Waals surface area contributed by atoms with E-state index in [0.717, 1.165) is 28.2 Å². The lowest BCUT2D eigenvalue weighted by molar-refractivity contribution is -0.119. The standard InChI is InChI=1S/C25H24N6O2/c1-16-13-23(32)31(20-5-3-2-4-6-20)29-24(16)17-7-10-19(11-8-17)27-25(33)30-14-18-9-12-22(26)28-21(18)15-30/h2-12,16H,13-15H2,1H3,(H2,26,28)(H,27,33). The number of fused-ring (bicyclic) bond motifs is 1. The topological polar surface area (TPSA) is 104 Å². The second kappa shape index (κ2) is 8.38. The number of para-hydroxylation sites is 1. The fourth-order valence-electron chi connectivity index (χ4n) is 4.16. The van der Waals surface area contributed by atoms with Gasteiger partial charge in [-0.15, -0.1) is 0 Å². The zero-order valence-electron chi connectivity index (χ0n) is 18.2. The zero-order valence-corrected chi connectivity index (χ0v) is 18.2. The molecule has 0 fully saturated rings. The molecule has 1 atom stereocenters. The molecule has 0 saturated heterocycles. The van der Waals surface area contributed by atoms with Crippen LogP contribution in [-0.4, -0.2) is 27.5 Å². The van der Waals surface area contributed by atoms with E-state index < -0.39 is 0 Å². The Morgan fingerprint density at radius 2 is 1.79 bits per heavy atom. The van der Waals surface area contributed by atoms with E-state index in [0.29, 0.717) is 31.0 Å². The van der Waals surface area contributed by atoms with Crippen molar-refractivity contribution in [3.05, 3.63) is 83.6 Å². The van der Waals surface area contributed by atoms with Crippen molar-refractivity contribution in [3.8, 4) is 0 Å². The number of nitrogens with one attached hydrogen (secondary N) is 1. The summed E-state index contributed by atoms with van der Waals surface area (Å²) in [5, 5.41) is 9.06. The number of amides is 3. The fraction of sp³-hybridized carbons (Fsp3) is 0.200. The zero-order chi connectivity index (χ0) is 22.9. The van der Waals surface area contributed by atoms with Gasteiger partial charge < -0.3 is 16.0 Å². The van der Waals surface area contributed by atoms with Crippen LogP contribution in [0.5, 0.6) is 0 Å². The molecular weight excluding hydrogens is 416 g/mol. The average Bonchev–Trinajstić information content (AvgIpc) is 3.24. The van der Waals surface area contributed by atoms with Gasteiger partial charge in [0.1, 0.15) is 5.82 Å². The number of carbonyl (C=O) groups is 2. The van der Waals surface area contributed by atoms with Crippen LogP contribution in [0.4, 0.5) is 22.0 Å². The molecule has 0 radical (unpaired) electrons. The quantitative estimate of drug-likeness (QED) is 0.643. The van der Waals surface area contributed by atoms with E-state index >= 15 is 0 Å². The van der Waals surface area contributed by atoms with E-state index in [2.05, 4.69) is 15.4 Å². The van der Waals surface area contributed by atoms with Crippen molar-refractivity contribution < 1.29 is 9.59 Å². The Morgan fingerprint density at radius 3 is 2.55 bits per heavy atom. The monoisotopic (exact) mass is 440 g/mol. The molecule has 2 aliphatic heterocycles. The minimum Gasteiger partial charge on any atom is -0.384 e. The fourth-order valence-corrected chi connectivity index (χ4v) is 4.16. The molecule has 0 bridgehead atoms. The van der Waals surface area contributed by atoms with Crippen molar-refractivity contribution >= 4 is 34.8 Å². The summed E-state index contributed by atoms with van der Waals surface area (Å²) in [6.45, 7) is 2.94. The number of aromatic nitrogens is 1. The number of nitrogens with zero attached hydrogens (tertiary/aromatic N) is 4. The van der Waals surface area contributed by atoms with Gasteiger partial charge in [-0.3, -0.25) is 4.79 Å². The number of anilines is 3. The van der Waals surface area contributed by atoms with Gasteiger partial charge in [0.25, 0.3) is 0 Å². The Balaban J connectivity index is 1.30. The smallest absolute Gasteiger partial charge is 0.322 e. The Bertz CT molecular complexity index is 1240. The van der Waals surface area contributed by atoms with E-state index in [1.165, 1.54) is 5.01 Å². The maximum Gasteiger partial charge on any atom is 0.322 e. The van der Waals surface area contributed by atoms with Gasteiger partial charge in [0, 0.05) is 24.6 Å². The highest BCUT2D eigenvalue weighted by molar-refractivity contribution is 6.10. The van der Waals surface area contributed by atoms with E-state index in [1.54, 1.807) is 11.0 Å². The van der Waals surface area contributed by atoms with Gasteiger partial charge >= 0.3 is 6.03 Å². The van der Waals surface area contributed by atoms with Gasteiger partial charge in [-0.2, -0.15) is 5.10 Å². The summed E-state index contributed by atoms with van der Waals surface area (Å²) in [7, 11) is 0. The molecule has 33 heavy (non-hydrogen) atoms. The SMILES string of the molecule is CC1CC(=O)N(c2ccccc2)N=C1c1ccc(NC(=O)N2Cc3ccc(N)nc3C2)cc1. The molecule has 3 heterocycles. The second-order valence-corrected chi connectivity index (χ2v) is 8.34. The molecule has 0 spiro atoms. The van der Waals surface area contributed by atoms with Crippen molar-refractivity contribution in [2.24, 2.45) is 11.0 Å². The Labute approximate surface area is 191 Å². The van der Waals surface area contributed by atoms with Gasteiger partial charge in [-0.1, -0.05) is 43.3 Å². The molecule has 1 aromatic heterocycles. The van der Waals surface area contributed by atoms with Crippen LogP contribution in [0.25, 0.3) is 0 Å². The summed E-state index contributed by atoms with van der Waals surface area (Å²) in [5.74, 6) is 0.434. The molecule has 3 amide bonds. The first-order valence-electron chi connectivity index (χ1n) is 10.8. The second-order valence-electron chi connectivity index (χ2n) is 8.34. The van der Waals surface area contributed by atoms with Crippen molar-refractivity contribution in [1.29, 1.82) is 0 Å². The van der Waals surface area contributed by atoms with Crippen LogP contribution >= 0.6 is 0 Å². The molecule has 1 unspecified atom stereocenters. The predicted molar refractivity (Wildman–Crippen MR) is 128 cm³/mol. The first-order valence-corrected chi connectivity index (χ1v) is 10.8. The number of pyridine rings is 1. The molecular formula is C25H24N6O2. The Hall–Kier alpha value is -4.20. The highest BCUT2D eigenvalue weighted by Crippen LogP contribution is 2.27. The number of hydrogen-bond acceptors (Lipinski definition) is 5. The van der Waals surface area contributed by atoms with Crippen molar-refractivity contribution in [1.82, 2.24) is 9.88 Å². The van der Waals surface area contributed by atoms with E-state index in [4.69, 9.17) is 5.73 Å². The van der Waals surface area contributed by atoms with Gasteiger partial charge in [0.2, 0.25) is 5.91 Å². The van der Waals surface area contributed by atoms with Crippen LogP contribution in [0, 0.1) is 5.92 Å². The van der Waals surface area contributed by atoms with Crippen molar-refractivity contribution in [3.63, 3.8) is 0 Å². The summed E-state index contributed by atoms with van der Waals surface area (Å²) in [5.41, 5.74) is 10.8. The predicted octanol–water partition coefficient (Wildman–Crippen LogP) is 3.99. The number of benzene rings is 2. The summed E-state index contributed by atoms with van der Waals surface area (Å²) in [6, 6.07) is 20.4. The van der Waals surface area contributed by atoms with Gasteiger partial charge in [0.15, 0.2) is 0 Å². The van der Waals surface area contributed by atoms with Crippen LogP contribution in [0.2, 0.25) is 0 Å². The third-order valence-corrected chi connectivity index (χ3v) is 5.90. The summed E-state index contributed by atoms with van der Waals surface area (Å²) >= 11 is 0. The highest BCUT2D eigenvalue weighted by atomic mass is 16.2. The first-order chi connectivity index (χ1) is 16.0. The lowest BCUT2D eigenvalue weighted by Crippen LogP contribution is -2.36. The molecule has 2 aromatic carbocycles. The maximum atomic E-state index is 12.7. The molecule has 8 nitrogen and oxygen atoms in total. The number of carbonyl (C=O) groups excluding carboxylic acids is 2. The summed E-state index contributed by atoms with van der Waals surface area (Å²) < 4.78 is 0. The van der Waals surface area contributed by atoms with Gasteiger partial charge in [0.05, 0.1) is 23.6 Å². The van der Waals surface area contributed by atoms with Crippen LogP contribution in [-0.2, 0) is 17.9 Å². The number of hydrazone groups is 1. The molecule has 2 aliphatic rings. The molecule has 5 rings (SSSR count). The van der Waals surface area contributed by atoms with Crippen LogP contribution in [0.3, 0.4) is 0 Å². The van der Waals surface area contributed by atoms with E-state index in [9.17, 15) is 9.59 Å². The third-order valence-electron chi connectivity index (χ3n) is 5.90. The molecule has 8 heteroatoms. The van der Waals surface area contributed by atoms with Crippen LogP contribution < -0.4 is 16.1 Å². The summed E-state index contributed by atoms with van der Waals surface area (Å²) in [6.07, 6.45) is 0.389. The molecule has 166 valence electrons. The third kappa shape index (κ3) is 4.15. The molecule has 3 aromatic rings. The van der Waals surface area contributed by atoms with Crippen molar-refractivity contribution in [2.75, 3.05) is 16.1 Å². The number of nitrogen functional groups attached to an aromatic ring is 1. The number of hydrogen-bond donors (Lipinski definition) is 2. The number of urea groups is 1. The lowest BCUT2D eigenvalue weighted by atomic mass is 9.93. The van der Waals surface area contributed by atoms with Crippen LogP contribution in [0.15, 0.2) is 71.8 Å². The van der Waals surface area contributed by atoms with E-state index in [1.807, 2.05) is 67.6 Å². The highest BCUT2D eigenvalue weighted by Gasteiger charge is 2.28.